The second kappa shape index (κ2) is 6.65. The standard InChI is InChI=1S/C17H13FN4O/c18-14-9-5-4-8-13(14)11-19-22-17(23)16-10-15(20-21-16)12-6-2-1-3-7-12/h1-11H,(H,20,21)(H,22,23)/b19-11-. The van der Waals surface area contributed by atoms with Crippen molar-refractivity contribution in [2.75, 3.05) is 0 Å². The Morgan fingerprint density at radius 1 is 1.13 bits per heavy atom. The van der Waals surface area contributed by atoms with Crippen LogP contribution in [0, 0.1) is 5.82 Å². The number of amides is 1. The van der Waals surface area contributed by atoms with Gasteiger partial charge in [-0.3, -0.25) is 9.89 Å². The van der Waals surface area contributed by atoms with Gasteiger partial charge in [-0.25, -0.2) is 9.82 Å². The van der Waals surface area contributed by atoms with Crippen molar-refractivity contribution in [2.45, 2.75) is 0 Å². The number of halogens is 1. The summed E-state index contributed by atoms with van der Waals surface area (Å²) in [7, 11) is 0. The predicted octanol–water partition coefficient (Wildman–Crippen LogP) is 2.98. The summed E-state index contributed by atoms with van der Waals surface area (Å²) >= 11 is 0. The number of carbonyl (C=O) groups excluding carboxylic acids is 1. The van der Waals surface area contributed by atoms with Crippen LogP contribution in [-0.4, -0.2) is 22.3 Å². The van der Waals surface area contributed by atoms with Crippen molar-refractivity contribution in [3.63, 3.8) is 0 Å². The smallest absolute Gasteiger partial charge is 0.272 e. The molecule has 6 heteroatoms. The van der Waals surface area contributed by atoms with E-state index in [0.29, 0.717) is 11.3 Å². The van der Waals surface area contributed by atoms with Gasteiger partial charge in [-0.15, -0.1) is 0 Å². The quantitative estimate of drug-likeness (QED) is 0.574. The maximum Gasteiger partial charge on any atom is 0.289 e. The zero-order valence-corrected chi connectivity index (χ0v) is 12.0. The van der Waals surface area contributed by atoms with Crippen molar-refractivity contribution in [3.8, 4) is 11.3 Å². The number of hydrogen-bond donors (Lipinski definition) is 2. The highest BCUT2D eigenvalue weighted by Crippen LogP contribution is 2.16. The number of nitrogens with zero attached hydrogens (tertiary/aromatic N) is 2. The summed E-state index contributed by atoms with van der Waals surface area (Å²) in [5, 5.41) is 10.5. The number of H-pyrrole nitrogens is 1. The van der Waals surface area contributed by atoms with Crippen LogP contribution in [0.5, 0.6) is 0 Å². The molecular formula is C17H13FN4O. The molecule has 1 aromatic heterocycles. The molecule has 1 heterocycles. The molecule has 2 aromatic carbocycles. The molecule has 3 aromatic rings. The highest BCUT2D eigenvalue weighted by atomic mass is 19.1. The molecule has 0 saturated carbocycles. The molecule has 0 aliphatic rings. The van der Waals surface area contributed by atoms with Crippen LogP contribution in [0.4, 0.5) is 4.39 Å². The van der Waals surface area contributed by atoms with Crippen molar-refractivity contribution in [1.82, 2.24) is 15.6 Å². The first kappa shape index (κ1) is 14.6. The van der Waals surface area contributed by atoms with E-state index < -0.39 is 11.7 Å². The van der Waals surface area contributed by atoms with Crippen molar-refractivity contribution < 1.29 is 9.18 Å². The Morgan fingerprint density at radius 2 is 1.87 bits per heavy atom. The molecule has 0 aliphatic heterocycles. The van der Waals surface area contributed by atoms with E-state index >= 15 is 0 Å². The van der Waals surface area contributed by atoms with Crippen LogP contribution in [0.1, 0.15) is 16.1 Å². The fraction of sp³-hybridized carbons (Fsp3) is 0. The van der Waals surface area contributed by atoms with E-state index in [2.05, 4.69) is 20.7 Å². The molecule has 5 nitrogen and oxygen atoms in total. The van der Waals surface area contributed by atoms with Gasteiger partial charge in [0.05, 0.1) is 11.9 Å². The predicted molar refractivity (Wildman–Crippen MR) is 85.5 cm³/mol. The average molecular weight is 308 g/mol. The normalized spacial score (nSPS) is 10.8. The Hall–Kier alpha value is -3.28. The Kier molecular flexibility index (Phi) is 4.24. The fourth-order valence-corrected chi connectivity index (χ4v) is 2.00. The van der Waals surface area contributed by atoms with Crippen LogP contribution in [-0.2, 0) is 0 Å². The number of hydrazone groups is 1. The fourth-order valence-electron chi connectivity index (χ4n) is 2.00. The van der Waals surface area contributed by atoms with Gasteiger partial charge in [0.2, 0.25) is 0 Å². The van der Waals surface area contributed by atoms with Crippen molar-refractivity contribution in [2.24, 2.45) is 5.10 Å². The summed E-state index contributed by atoms with van der Waals surface area (Å²) in [4.78, 5) is 12.0. The maximum atomic E-state index is 13.4. The number of nitrogens with one attached hydrogen (secondary N) is 2. The average Bonchev–Trinajstić information content (AvgIpc) is 3.07. The third kappa shape index (κ3) is 3.49. The summed E-state index contributed by atoms with van der Waals surface area (Å²) < 4.78 is 13.4. The van der Waals surface area contributed by atoms with E-state index in [1.165, 1.54) is 12.3 Å². The SMILES string of the molecule is O=C(N/N=C\c1ccccc1F)c1cc(-c2ccccc2)n[nH]1. The van der Waals surface area contributed by atoms with E-state index in [0.717, 1.165) is 5.56 Å². The Morgan fingerprint density at radius 3 is 2.65 bits per heavy atom. The minimum absolute atomic E-state index is 0.273. The number of benzene rings is 2. The molecule has 0 radical (unpaired) electrons. The molecule has 0 aliphatic carbocycles. The molecule has 0 saturated heterocycles. The monoisotopic (exact) mass is 308 g/mol. The van der Waals surface area contributed by atoms with Gasteiger partial charge in [0.25, 0.3) is 5.91 Å². The molecule has 0 unspecified atom stereocenters. The van der Waals surface area contributed by atoms with Crippen molar-refractivity contribution >= 4 is 12.1 Å². The molecule has 0 atom stereocenters. The van der Waals surface area contributed by atoms with Crippen molar-refractivity contribution in [3.05, 3.63) is 77.7 Å². The Labute approximate surface area is 131 Å². The third-order valence-electron chi connectivity index (χ3n) is 3.17. The highest BCUT2D eigenvalue weighted by Gasteiger charge is 2.10. The van der Waals surface area contributed by atoms with Crippen LogP contribution in [0.2, 0.25) is 0 Å². The number of carbonyl (C=O) groups is 1. The lowest BCUT2D eigenvalue weighted by Crippen LogP contribution is -2.18. The largest absolute Gasteiger partial charge is 0.289 e. The second-order valence-corrected chi connectivity index (χ2v) is 4.75. The van der Waals surface area contributed by atoms with Crippen LogP contribution in [0.3, 0.4) is 0 Å². The topological polar surface area (TPSA) is 70.1 Å². The minimum atomic E-state index is -0.452. The minimum Gasteiger partial charge on any atom is -0.272 e. The first-order valence-electron chi connectivity index (χ1n) is 6.93. The zero-order chi connectivity index (χ0) is 16.1. The summed E-state index contributed by atoms with van der Waals surface area (Å²) in [5.74, 6) is -0.856. The first-order valence-corrected chi connectivity index (χ1v) is 6.93. The summed E-state index contributed by atoms with van der Waals surface area (Å²) in [5.41, 5.74) is 4.46. The van der Waals surface area contributed by atoms with E-state index in [4.69, 9.17) is 0 Å². The first-order chi connectivity index (χ1) is 11.2. The summed E-state index contributed by atoms with van der Waals surface area (Å²) in [6.45, 7) is 0. The number of aromatic nitrogens is 2. The van der Waals surface area contributed by atoms with Crippen molar-refractivity contribution in [1.29, 1.82) is 0 Å². The van der Waals surface area contributed by atoms with Gasteiger partial charge in [-0.1, -0.05) is 48.5 Å². The molecule has 114 valence electrons. The number of rotatable bonds is 4. The van der Waals surface area contributed by atoms with Crippen LogP contribution in [0.25, 0.3) is 11.3 Å². The molecule has 2 N–H and O–H groups in total. The molecule has 0 spiro atoms. The molecule has 0 fully saturated rings. The second-order valence-electron chi connectivity index (χ2n) is 4.75. The number of aromatic amines is 1. The molecular weight excluding hydrogens is 295 g/mol. The molecule has 23 heavy (non-hydrogen) atoms. The molecule has 0 bridgehead atoms. The number of hydrogen-bond acceptors (Lipinski definition) is 3. The highest BCUT2D eigenvalue weighted by molar-refractivity contribution is 5.94. The van der Waals surface area contributed by atoms with E-state index in [1.54, 1.807) is 24.3 Å². The molecule has 3 rings (SSSR count). The van der Waals surface area contributed by atoms with Gasteiger partial charge in [-0.05, 0) is 12.1 Å². The van der Waals surface area contributed by atoms with Gasteiger partial charge in [-0.2, -0.15) is 10.2 Å². The van der Waals surface area contributed by atoms with Gasteiger partial charge >= 0.3 is 0 Å². The van der Waals surface area contributed by atoms with Crippen LogP contribution < -0.4 is 5.43 Å². The Bertz CT molecular complexity index is 843. The van der Waals surface area contributed by atoms with Gasteiger partial charge in [0.1, 0.15) is 11.5 Å². The third-order valence-corrected chi connectivity index (χ3v) is 3.17. The zero-order valence-electron chi connectivity index (χ0n) is 12.0. The summed E-state index contributed by atoms with van der Waals surface area (Å²) in [6, 6.07) is 17.3. The van der Waals surface area contributed by atoms with E-state index in [1.807, 2.05) is 30.3 Å². The summed E-state index contributed by atoms with van der Waals surface area (Å²) in [6.07, 6.45) is 1.25. The van der Waals surface area contributed by atoms with Gasteiger partial charge in [0, 0.05) is 11.1 Å². The lowest BCUT2D eigenvalue weighted by atomic mass is 10.1. The van der Waals surface area contributed by atoms with E-state index in [-0.39, 0.29) is 5.69 Å². The lowest BCUT2D eigenvalue weighted by Gasteiger charge is -1.97. The van der Waals surface area contributed by atoms with Gasteiger partial charge < -0.3 is 0 Å². The van der Waals surface area contributed by atoms with Crippen LogP contribution >= 0.6 is 0 Å². The molecule has 1 amide bonds. The Balaban J connectivity index is 1.68. The van der Waals surface area contributed by atoms with Crippen LogP contribution in [0.15, 0.2) is 65.8 Å². The van der Waals surface area contributed by atoms with Gasteiger partial charge in [0.15, 0.2) is 0 Å². The lowest BCUT2D eigenvalue weighted by molar-refractivity contribution is 0.0950. The van der Waals surface area contributed by atoms with E-state index in [9.17, 15) is 9.18 Å². The maximum absolute atomic E-state index is 13.4.